The van der Waals surface area contributed by atoms with E-state index in [2.05, 4.69) is 10.3 Å². The Morgan fingerprint density at radius 2 is 2.11 bits per heavy atom. The molecule has 0 radical (unpaired) electrons. The summed E-state index contributed by atoms with van der Waals surface area (Å²) >= 11 is 11.7. The molecule has 0 fully saturated rings. The van der Waals surface area contributed by atoms with Gasteiger partial charge >= 0.3 is 6.09 Å². The first-order valence-corrected chi connectivity index (χ1v) is 5.85. The normalized spacial score (nSPS) is 10.9. The summed E-state index contributed by atoms with van der Waals surface area (Å²) in [6.07, 6.45) is 0.347. The fraction of sp³-hybridized carbons (Fsp3) is 0.364. The number of rotatable bonds is 2. The van der Waals surface area contributed by atoms with Crippen LogP contribution in [0.2, 0.25) is 10.2 Å². The molecule has 0 bridgehead atoms. The minimum Gasteiger partial charge on any atom is -0.444 e. The second kappa shape index (κ2) is 5.54. The zero-order chi connectivity index (χ0) is 13.9. The van der Waals surface area contributed by atoms with E-state index in [1.54, 1.807) is 20.8 Å². The molecule has 1 aromatic rings. The molecule has 98 valence electrons. The number of pyridine rings is 1. The Bertz CT molecular complexity index is 461. The van der Waals surface area contributed by atoms with E-state index in [9.17, 15) is 4.79 Å². The molecule has 0 aliphatic carbocycles. The van der Waals surface area contributed by atoms with E-state index in [-0.39, 0.29) is 16.0 Å². The lowest BCUT2D eigenvalue weighted by Gasteiger charge is -2.19. The predicted molar refractivity (Wildman–Crippen MR) is 72.0 cm³/mol. The van der Waals surface area contributed by atoms with Crippen molar-refractivity contribution in [1.29, 1.82) is 5.41 Å². The topological polar surface area (TPSA) is 75.1 Å². The van der Waals surface area contributed by atoms with Crippen LogP contribution in [0.4, 0.5) is 10.6 Å². The largest absolute Gasteiger partial charge is 0.444 e. The second-order valence-corrected chi connectivity index (χ2v) is 5.23. The van der Waals surface area contributed by atoms with Crippen molar-refractivity contribution >= 4 is 41.3 Å². The summed E-state index contributed by atoms with van der Waals surface area (Å²) in [4.78, 5) is 15.4. The SMILES string of the molecule is CC(C)(C)OC(=O)Nc1cc(Cl)c(C=N)c(Cl)n1. The van der Waals surface area contributed by atoms with E-state index in [1.807, 2.05) is 0 Å². The van der Waals surface area contributed by atoms with Crippen LogP contribution in [0.25, 0.3) is 0 Å². The summed E-state index contributed by atoms with van der Waals surface area (Å²) in [5.74, 6) is 0.171. The zero-order valence-electron chi connectivity index (χ0n) is 10.2. The van der Waals surface area contributed by atoms with Crippen LogP contribution in [0.15, 0.2) is 6.07 Å². The van der Waals surface area contributed by atoms with Crippen molar-refractivity contribution < 1.29 is 9.53 Å². The van der Waals surface area contributed by atoms with Crippen molar-refractivity contribution in [3.8, 4) is 0 Å². The Morgan fingerprint density at radius 3 is 2.56 bits per heavy atom. The van der Waals surface area contributed by atoms with Gasteiger partial charge < -0.3 is 10.1 Å². The highest BCUT2D eigenvalue weighted by Gasteiger charge is 2.17. The standard InChI is InChI=1S/C11H13Cl2N3O2/c1-11(2,3)18-10(17)16-8-4-7(12)6(5-14)9(13)15-8/h4-5,14H,1-3H3,(H,15,16,17). The van der Waals surface area contributed by atoms with Crippen molar-refractivity contribution in [2.24, 2.45) is 0 Å². The smallest absolute Gasteiger partial charge is 0.413 e. The number of carbonyl (C=O) groups is 1. The number of aromatic nitrogens is 1. The van der Waals surface area contributed by atoms with Crippen LogP contribution in [0.3, 0.4) is 0 Å². The van der Waals surface area contributed by atoms with E-state index in [0.29, 0.717) is 5.56 Å². The van der Waals surface area contributed by atoms with Gasteiger partial charge in [0.05, 0.1) is 5.02 Å². The molecule has 0 aliphatic heterocycles. The highest BCUT2D eigenvalue weighted by Crippen LogP contribution is 2.24. The fourth-order valence-electron chi connectivity index (χ4n) is 1.10. The van der Waals surface area contributed by atoms with Crippen LogP contribution in [-0.4, -0.2) is 22.9 Å². The maximum Gasteiger partial charge on any atom is 0.413 e. The highest BCUT2D eigenvalue weighted by molar-refractivity contribution is 6.38. The maximum atomic E-state index is 11.5. The Balaban J connectivity index is 2.87. The molecule has 0 atom stereocenters. The van der Waals surface area contributed by atoms with E-state index in [0.717, 1.165) is 6.21 Å². The van der Waals surface area contributed by atoms with Crippen molar-refractivity contribution in [3.63, 3.8) is 0 Å². The van der Waals surface area contributed by atoms with E-state index in [4.69, 9.17) is 33.3 Å². The molecule has 0 aliphatic rings. The maximum absolute atomic E-state index is 11.5. The van der Waals surface area contributed by atoms with Crippen LogP contribution in [-0.2, 0) is 4.74 Å². The van der Waals surface area contributed by atoms with Crippen LogP contribution in [0, 0.1) is 5.41 Å². The number of nitrogens with one attached hydrogen (secondary N) is 2. The van der Waals surface area contributed by atoms with Gasteiger partial charge in [-0.25, -0.2) is 9.78 Å². The molecule has 0 spiro atoms. The summed E-state index contributed by atoms with van der Waals surface area (Å²) in [5.41, 5.74) is -0.305. The van der Waals surface area contributed by atoms with Crippen molar-refractivity contribution in [3.05, 3.63) is 21.8 Å². The molecule has 1 amide bonds. The average molecular weight is 290 g/mol. The number of hydrogen-bond acceptors (Lipinski definition) is 4. The molecule has 0 aromatic carbocycles. The number of nitrogens with zero attached hydrogens (tertiary/aromatic N) is 1. The lowest BCUT2D eigenvalue weighted by Crippen LogP contribution is -2.27. The Hall–Kier alpha value is -1.33. The number of halogens is 2. The van der Waals surface area contributed by atoms with Gasteiger partial charge in [-0.05, 0) is 20.8 Å². The molecule has 5 nitrogen and oxygen atoms in total. The molecule has 1 aromatic heterocycles. The summed E-state index contributed by atoms with van der Waals surface area (Å²) in [6, 6.07) is 1.40. The third-order valence-corrected chi connectivity index (χ3v) is 2.34. The van der Waals surface area contributed by atoms with Gasteiger partial charge in [0.2, 0.25) is 0 Å². The molecular weight excluding hydrogens is 277 g/mol. The van der Waals surface area contributed by atoms with Crippen molar-refractivity contribution in [2.75, 3.05) is 5.32 Å². The summed E-state index contributed by atoms with van der Waals surface area (Å²) in [7, 11) is 0. The molecular formula is C11H13Cl2N3O2. The predicted octanol–water partition coefficient (Wildman–Crippen LogP) is 3.73. The van der Waals surface area contributed by atoms with Gasteiger partial charge in [0, 0.05) is 17.8 Å². The van der Waals surface area contributed by atoms with E-state index < -0.39 is 11.7 Å². The Labute approximate surface area is 115 Å². The number of anilines is 1. The summed E-state index contributed by atoms with van der Waals surface area (Å²) in [5, 5.41) is 9.80. The number of hydrogen-bond donors (Lipinski definition) is 2. The van der Waals surface area contributed by atoms with Crippen molar-refractivity contribution in [1.82, 2.24) is 4.98 Å². The molecule has 1 heterocycles. The molecule has 0 saturated carbocycles. The van der Waals surface area contributed by atoms with E-state index in [1.165, 1.54) is 6.07 Å². The third-order valence-electron chi connectivity index (χ3n) is 1.73. The highest BCUT2D eigenvalue weighted by atomic mass is 35.5. The van der Waals surface area contributed by atoms with Gasteiger partial charge in [0.15, 0.2) is 0 Å². The van der Waals surface area contributed by atoms with Gasteiger partial charge in [0.25, 0.3) is 0 Å². The first-order chi connectivity index (χ1) is 8.23. The van der Waals surface area contributed by atoms with Gasteiger partial charge in [-0.1, -0.05) is 23.2 Å². The van der Waals surface area contributed by atoms with Crippen LogP contribution >= 0.6 is 23.2 Å². The van der Waals surface area contributed by atoms with Crippen LogP contribution < -0.4 is 5.32 Å². The first kappa shape index (κ1) is 14.7. The average Bonchev–Trinajstić information content (AvgIpc) is 2.13. The Kier molecular flexibility index (Phi) is 4.53. The summed E-state index contributed by atoms with van der Waals surface area (Å²) < 4.78 is 5.06. The van der Waals surface area contributed by atoms with Crippen LogP contribution in [0.5, 0.6) is 0 Å². The van der Waals surface area contributed by atoms with Crippen LogP contribution in [0.1, 0.15) is 26.3 Å². The second-order valence-electron chi connectivity index (χ2n) is 4.47. The minimum absolute atomic E-state index is 0.0450. The quantitative estimate of drug-likeness (QED) is 0.643. The van der Waals surface area contributed by atoms with Gasteiger partial charge in [-0.2, -0.15) is 0 Å². The number of amides is 1. The first-order valence-electron chi connectivity index (χ1n) is 5.09. The third kappa shape index (κ3) is 4.16. The summed E-state index contributed by atoms with van der Waals surface area (Å²) in [6.45, 7) is 5.24. The molecule has 0 saturated heterocycles. The van der Waals surface area contributed by atoms with Gasteiger partial charge in [0.1, 0.15) is 16.6 Å². The lowest BCUT2D eigenvalue weighted by molar-refractivity contribution is 0.0635. The molecule has 1 rings (SSSR count). The number of ether oxygens (including phenoxy) is 1. The van der Waals surface area contributed by atoms with Gasteiger partial charge in [-0.15, -0.1) is 0 Å². The Morgan fingerprint density at radius 1 is 1.50 bits per heavy atom. The minimum atomic E-state index is -0.648. The molecule has 2 N–H and O–H groups in total. The molecule has 0 unspecified atom stereocenters. The van der Waals surface area contributed by atoms with E-state index >= 15 is 0 Å². The number of carbonyl (C=O) groups excluding carboxylic acids is 1. The zero-order valence-corrected chi connectivity index (χ0v) is 11.7. The van der Waals surface area contributed by atoms with Gasteiger partial charge in [-0.3, -0.25) is 5.32 Å². The molecule has 7 heteroatoms. The monoisotopic (exact) mass is 289 g/mol. The lowest BCUT2D eigenvalue weighted by atomic mass is 10.2. The van der Waals surface area contributed by atoms with Crippen molar-refractivity contribution in [2.45, 2.75) is 26.4 Å². The molecule has 18 heavy (non-hydrogen) atoms. The fourth-order valence-corrected chi connectivity index (χ4v) is 1.64.